The van der Waals surface area contributed by atoms with Crippen molar-refractivity contribution in [1.29, 1.82) is 0 Å². The molecule has 0 saturated carbocycles. The molecule has 3 aromatic rings. The van der Waals surface area contributed by atoms with Gasteiger partial charge in [0, 0.05) is 23.6 Å². The second-order valence-electron chi connectivity index (χ2n) is 5.66. The molecular formula is C18H18N4O4. The van der Waals surface area contributed by atoms with Crippen molar-refractivity contribution in [2.24, 2.45) is 0 Å². The second-order valence-corrected chi connectivity index (χ2v) is 5.66. The zero-order valence-corrected chi connectivity index (χ0v) is 14.6. The number of anilines is 1. The second kappa shape index (κ2) is 7.22. The predicted octanol–water partition coefficient (Wildman–Crippen LogP) is 3.73. The smallest absolute Gasteiger partial charge is 0.269 e. The highest BCUT2D eigenvalue weighted by Crippen LogP contribution is 2.34. The van der Waals surface area contributed by atoms with E-state index < -0.39 is 4.92 Å². The lowest BCUT2D eigenvalue weighted by Gasteiger charge is -2.17. The number of methoxy groups -OCH3 is 2. The van der Waals surface area contributed by atoms with Crippen molar-refractivity contribution in [3.63, 3.8) is 0 Å². The summed E-state index contributed by atoms with van der Waals surface area (Å²) in [5, 5.41) is 15.0. The van der Waals surface area contributed by atoms with Crippen molar-refractivity contribution in [1.82, 2.24) is 9.97 Å². The number of hydrogen-bond donors (Lipinski definition) is 1. The maximum atomic E-state index is 11.0. The lowest BCUT2D eigenvalue weighted by atomic mass is 10.1. The normalized spacial score (nSPS) is 11.8. The van der Waals surface area contributed by atoms with Crippen molar-refractivity contribution >= 4 is 22.4 Å². The number of nitrogens with zero attached hydrogens (tertiary/aromatic N) is 3. The number of ether oxygens (including phenoxy) is 2. The van der Waals surface area contributed by atoms with Crippen LogP contribution in [0.3, 0.4) is 0 Å². The number of nitro groups is 1. The Kier molecular flexibility index (Phi) is 4.83. The van der Waals surface area contributed by atoms with E-state index >= 15 is 0 Å². The maximum Gasteiger partial charge on any atom is 0.269 e. The van der Waals surface area contributed by atoms with Crippen LogP contribution in [0.4, 0.5) is 11.5 Å². The zero-order valence-electron chi connectivity index (χ0n) is 14.6. The fourth-order valence-electron chi connectivity index (χ4n) is 2.69. The highest BCUT2D eigenvalue weighted by Gasteiger charge is 2.15. The number of fused-ring (bicyclic) bond motifs is 1. The summed E-state index contributed by atoms with van der Waals surface area (Å²) in [5.41, 5.74) is 1.54. The van der Waals surface area contributed by atoms with Crippen molar-refractivity contribution in [2.45, 2.75) is 13.0 Å². The molecular weight excluding hydrogens is 336 g/mol. The third-order valence-electron chi connectivity index (χ3n) is 4.07. The minimum Gasteiger partial charge on any atom is -0.493 e. The molecule has 0 amide bonds. The van der Waals surface area contributed by atoms with Gasteiger partial charge in [-0.2, -0.15) is 0 Å². The van der Waals surface area contributed by atoms with Crippen LogP contribution in [0.2, 0.25) is 0 Å². The van der Waals surface area contributed by atoms with Crippen LogP contribution in [0.1, 0.15) is 18.5 Å². The summed E-state index contributed by atoms with van der Waals surface area (Å²) in [6.07, 6.45) is 1.46. The van der Waals surface area contributed by atoms with Gasteiger partial charge in [-0.15, -0.1) is 0 Å². The summed E-state index contributed by atoms with van der Waals surface area (Å²) in [6.45, 7) is 1.91. The number of aromatic nitrogens is 2. The number of benzene rings is 2. The van der Waals surface area contributed by atoms with E-state index in [2.05, 4.69) is 15.3 Å². The first kappa shape index (κ1) is 17.4. The van der Waals surface area contributed by atoms with Gasteiger partial charge in [0.2, 0.25) is 0 Å². The van der Waals surface area contributed by atoms with E-state index in [1.165, 1.54) is 12.4 Å². The summed E-state index contributed by atoms with van der Waals surface area (Å²) in [7, 11) is 3.13. The molecule has 1 heterocycles. The van der Waals surface area contributed by atoms with E-state index in [0.717, 1.165) is 10.9 Å². The zero-order chi connectivity index (χ0) is 18.7. The Balaban J connectivity index is 1.98. The molecule has 1 aromatic heterocycles. The average molecular weight is 354 g/mol. The molecule has 0 aliphatic carbocycles. The van der Waals surface area contributed by atoms with Crippen LogP contribution >= 0.6 is 0 Å². The van der Waals surface area contributed by atoms with Gasteiger partial charge in [-0.3, -0.25) is 10.1 Å². The highest BCUT2D eigenvalue weighted by atomic mass is 16.6. The standard InChI is InChI=1S/C18H18N4O4/c1-11(12-5-4-6-13(7-12)22(23)24)21-18-14-8-16(25-2)17(26-3)9-15(14)19-10-20-18/h4-11H,1-3H3,(H,19,20,21). The SMILES string of the molecule is COc1cc2ncnc(NC(C)c3cccc([N+](=O)[O-])c3)c2cc1OC. The maximum absolute atomic E-state index is 11.0. The Morgan fingerprint density at radius 2 is 1.85 bits per heavy atom. The van der Waals surface area contributed by atoms with Crippen LogP contribution in [-0.4, -0.2) is 29.1 Å². The summed E-state index contributed by atoms with van der Waals surface area (Å²) >= 11 is 0. The number of nitrogens with one attached hydrogen (secondary N) is 1. The largest absolute Gasteiger partial charge is 0.493 e. The van der Waals surface area contributed by atoms with E-state index in [4.69, 9.17) is 9.47 Å². The lowest BCUT2D eigenvalue weighted by molar-refractivity contribution is -0.384. The van der Waals surface area contributed by atoms with Crippen molar-refractivity contribution in [3.8, 4) is 11.5 Å². The van der Waals surface area contributed by atoms with Crippen molar-refractivity contribution < 1.29 is 14.4 Å². The van der Waals surface area contributed by atoms with E-state index in [9.17, 15) is 10.1 Å². The first-order chi connectivity index (χ1) is 12.5. The molecule has 134 valence electrons. The quantitative estimate of drug-likeness (QED) is 0.532. The Labute approximate surface area is 149 Å². The average Bonchev–Trinajstić information content (AvgIpc) is 2.67. The summed E-state index contributed by atoms with van der Waals surface area (Å²) in [5.74, 6) is 1.76. The molecule has 3 rings (SSSR count). The molecule has 0 bridgehead atoms. The third-order valence-corrected chi connectivity index (χ3v) is 4.07. The van der Waals surface area contributed by atoms with E-state index in [-0.39, 0.29) is 11.7 Å². The minimum absolute atomic E-state index is 0.0510. The molecule has 0 aliphatic heterocycles. The summed E-state index contributed by atoms with van der Waals surface area (Å²) in [6, 6.07) is 9.89. The molecule has 1 atom stereocenters. The van der Waals surface area contributed by atoms with Crippen LogP contribution in [0.15, 0.2) is 42.7 Å². The van der Waals surface area contributed by atoms with Gasteiger partial charge in [0.05, 0.1) is 30.7 Å². The molecule has 8 heteroatoms. The third kappa shape index (κ3) is 3.34. The highest BCUT2D eigenvalue weighted by molar-refractivity contribution is 5.91. The van der Waals surface area contributed by atoms with E-state index in [1.54, 1.807) is 38.5 Å². The molecule has 0 radical (unpaired) electrons. The molecule has 8 nitrogen and oxygen atoms in total. The summed E-state index contributed by atoms with van der Waals surface area (Å²) in [4.78, 5) is 19.1. The summed E-state index contributed by atoms with van der Waals surface area (Å²) < 4.78 is 10.6. The lowest BCUT2D eigenvalue weighted by Crippen LogP contribution is -2.09. The fraction of sp³-hybridized carbons (Fsp3) is 0.222. The minimum atomic E-state index is -0.409. The molecule has 1 unspecified atom stereocenters. The van der Waals surface area contributed by atoms with Gasteiger partial charge in [-0.05, 0) is 18.6 Å². The van der Waals surface area contributed by atoms with Crippen LogP contribution in [0, 0.1) is 10.1 Å². The van der Waals surface area contributed by atoms with Gasteiger partial charge in [-0.25, -0.2) is 9.97 Å². The first-order valence-electron chi connectivity index (χ1n) is 7.91. The van der Waals surface area contributed by atoms with Crippen molar-refractivity contribution in [2.75, 3.05) is 19.5 Å². The Bertz CT molecular complexity index is 961. The van der Waals surface area contributed by atoms with Crippen LogP contribution in [0.5, 0.6) is 11.5 Å². The molecule has 0 spiro atoms. The van der Waals surface area contributed by atoms with Crippen LogP contribution in [0.25, 0.3) is 10.9 Å². The number of hydrogen-bond acceptors (Lipinski definition) is 7. The molecule has 2 aromatic carbocycles. The Hall–Kier alpha value is -3.42. The van der Waals surface area contributed by atoms with Gasteiger partial charge < -0.3 is 14.8 Å². The Morgan fingerprint density at radius 3 is 2.54 bits per heavy atom. The van der Waals surface area contributed by atoms with Crippen LogP contribution < -0.4 is 14.8 Å². The van der Waals surface area contributed by atoms with Crippen LogP contribution in [-0.2, 0) is 0 Å². The fourth-order valence-corrected chi connectivity index (χ4v) is 2.69. The van der Waals surface area contributed by atoms with Gasteiger partial charge in [0.1, 0.15) is 12.1 Å². The molecule has 1 N–H and O–H groups in total. The first-order valence-corrected chi connectivity index (χ1v) is 7.91. The van der Waals surface area contributed by atoms with Crippen molar-refractivity contribution in [3.05, 3.63) is 58.4 Å². The monoisotopic (exact) mass is 354 g/mol. The van der Waals surface area contributed by atoms with Gasteiger partial charge in [0.25, 0.3) is 5.69 Å². The number of rotatable bonds is 6. The number of non-ortho nitro benzene ring substituents is 1. The van der Waals surface area contributed by atoms with Gasteiger partial charge in [0.15, 0.2) is 11.5 Å². The molecule has 0 saturated heterocycles. The van der Waals surface area contributed by atoms with Gasteiger partial charge >= 0.3 is 0 Å². The van der Waals surface area contributed by atoms with E-state index in [0.29, 0.717) is 22.8 Å². The number of nitro benzene ring substituents is 1. The van der Waals surface area contributed by atoms with E-state index in [1.807, 2.05) is 13.0 Å². The predicted molar refractivity (Wildman–Crippen MR) is 97.8 cm³/mol. The molecule has 0 aliphatic rings. The molecule has 0 fully saturated rings. The Morgan fingerprint density at radius 1 is 1.12 bits per heavy atom. The topological polar surface area (TPSA) is 99.4 Å². The van der Waals surface area contributed by atoms with Gasteiger partial charge in [-0.1, -0.05) is 12.1 Å². The molecule has 26 heavy (non-hydrogen) atoms.